The van der Waals surface area contributed by atoms with Crippen molar-refractivity contribution in [3.63, 3.8) is 0 Å². The molecule has 0 radical (unpaired) electrons. The van der Waals surface area contributed by atoms with Crippen LogP contribution in [0.25, 0.3) is 10.8 Å². The number of esters is 2. The molecule has 0 bridgehead atoms. The van der Waals surface area contributed by atoms with Crippen LogP contribution >= 0.6 is 0 Å². The first kappa shape index (κ1) is 19.6. The van der Waals surface area contributed by atoms with Crippen LogP contribution in [0, 0.1) is 0 Å². The molecule has 0 amide bonds. The highest BCUT2D eigenvalue weighted by molar-refractivity contribution is 6.14. The Morgan fingerprint density at radius 3 is 1.38 bits per heavy atom. The zero-order valence-corrected chi connectivity index (χ0v) is 15.6. The third-order valence-corrected chi connectivity index (χ3v) is 3.66. The smallest absolute Gasteiger partial charge is 0.342 e. The molecule has 140 valence electrons. The first-order valence-electron chi connectivity index (χ1n) is 8.79. The van der Waals surface area contributed by atoms with Crippen molar-refractivity contribution in [1.29, 1.82) is 0 Å². The van der Waals surface area contributed by atoms with Gasteiger partial charge in [-0.1, -0.05) is 24.3 Å². The third kappa shape index (κ3) is 3.74. The minimum absolute atomic E-state index is 0.0364. The maximum absolute atomic E-state index is 12.7. The topological polar surface area (TPSA) is 71.1 Å². The maximum atomic E-state index is 12.7. The van der Waals surface area contributed by atoms with Gasteiger partial charge < -0.3 is 18.9 Å². The predicted octanol–water partition coefficient (Wildman–Crippen LogP) is 3.99. The fourth-order valence-electron chi connectivity index (χ4n) is 2.76. The summed E-state index contributed by atoms with van der Waals surface area (Å²) < 4.78 is 21.9. The van der Waals surface area contributed by atoms with Gasteiger partial charge in [-0.2, -0.15) is 0 Å². The Morgan fingerprint density at radius 1 is 0.692 bits per heavy atom. The second-order valence-electron chi connectivity index (χ2n) is 5.26. The molecule has 0 atom stereocenters. The van der Waals surface area contributed by atoms with Crippen LogP contribution in [-0.4, -0.2) is 38.4 Å². The highest BCUT2D eigenvalue weighted by atomic mass is 16.5. The molecule has 0 aliphatic carbocycles. The minimum atomic E-state index is -0.647. The van der Waals surface area contributed by atoms with Crippen LogP contribution in [0.4, 0.5) is 0 Å². The third-order valence-electron chi connectivity index (χ3n) is 3.66. The zero-order chi connectivity index (χ0) is 19.1. The first-order valence-corrected chi connectivity index (χ1v) is 8.79. The van der Waals surface area contributed by atoms with Crippen LogP contribution in [-0.2, 0) is 9.47 Å². The van der Waals surface area contributed by atoms with Gasteiger partial charge in [0.15, 0.2) is 0 Å². The molecule has 2 aromatic rings. The van der Waals surface area contributed by atoms with Gasteiger partial charge >= 0.3 is 11.9 Å². The van der Waals surface area contributed by atoms with Gasteiger partial charge in [0, 0.05) is 10.8 Å². The van der Waals surface area contributed by atoms with Crippen molar-refractivity contribution < 1.29 is 28.5 Å². The Balaban J connectivity index is 2.95. The Labute approximate surface area is 153 Å². The lowest BCUT2D eigenvalue weighted by Gasteiger charge is -2.20. The SMILES string of the molecule is CCOC(=O)c1c(C(=O)OCC)c(OCC)c2ccccc2c1OCC. The lowest BCUT2D eigenvalue weighted by molar-refractivity contribution is 0.0471. The van der Waals surface area contributed by atoms with E-state index in [1.807, 2.05) is 38.1 Å². The van der Waals surface area contributed by atoms with Gasteiger partial charge in [0.05, 0.1) is 26.4 Å². The lowest BCUT2D eigenvalue weighted by Crippen LogP contribution is -2.18. The number of benzene rings is 2. The summed E-state index contributed by atoms with van der Waals surface area (Å²) in [4.78, 5) is 25.4. The highest BCUT2D eigenvalue weighted by Gasteiger charge is 2.31. The molecule has 0 saturated heterocycles. The molecule has 0 aliphatic rings. The van der Waals surface area contributed by atoms with Gasteiger partial charge in [0.25, 0.3) is 0 Å². The molecule has 6 heteroatoms. The molecule has 0 aromatic heterocycles. The number of carbonyl (C=O) groups is 2. The molecule has 0 fully saturated rings. The number of hydrogen-bond donors (Lipinski definition) is 0. The molecule has 6 nitrogen and oxygen atoms in total. The molecule has 0 heterocycles. The Kier molecular flexibility index (Phi) is 6.83. The number of hydrogen-bond acceptors (Lipinski definition) is 6. The molecule has 2 aromatic carbocycles. The average Bonchev–Trinajstić information content (AvgIpc) is 2.63. The van der Waals surface area contributed by atoms with Gasteiger partial charge in [-0.3, -0.25) is 0 Å². The molecule has 2 rings (SSSR count). The number of fused-ring (bicyclic) bond motifs is 1. The summed E-state index contributed by atoms with van der Waals surface area (Å²) in [5.41, 5.74) is 0.0728. The molecule has 0 unspecified atom stereocenters. The summed E-state index contributed by atoms with van der Waals surface area (Å²) in [6.45, 7) is 8.01. The van der Waals surface area contributed by atoms with Crippen LogP contribution in [0.1, 0.15) is 48.4 Å². The van der Waals surface area contributed by atoms with Crippen molar-refractivity contribution in [2.24, 2.45) is 0 Å². The molecular formula is C20H24O6. The van der Waals surface area contributed by atoms with Gasteiger partial charge in [-0.15, -0.1) is 0 Å². The first-order chi connectivity index (χ1) is 12.6. The Morgan fingerprint density at radius 2 is 1.08 bits per heavy atom. The van der Waals surface area contributed by atoms with E-state index < -0.39 is 11.9 Å². The van der Waals surface area contributed by atoms with Gasteiger partial charge in [0.2, 0.25) is 0 Å². The molecular weight excluding hydrogens is 336 g/mol. The van der Waals surface area contributed by atoms with E-state index in [0.29, 0.717) is 35.5 Å². The molecule has 0 N–H and O–H groups in total. The van der Waals surface area contributed by atoms with Crippen LogP contribution in [0.3, 0.4) is 0 Å². The molecule has 0 spiro atoms. The van der Waals surface area contributed by atoms with E-state index in [0.717, 1.165) is 0 Å². The number of carbonyl (C=O) groups excluding carboxylic acids is 2. The van der Waals surface area contributed by atoms with E-state index in [2.05, 4.69) is 0 Å². The molecule has 0 saturated carbocycles. The van der Waals surface area contributed by atoms with Crippen LogP contribution < -0.4 is 9.47 Å². The summed E-state index contributed by atoms with van der Waals surface area (Å²) in [6, 6.07) is 7.31. The van der Waals surface area contributed by atoms with Gasteiger partial charge in [0.1, 0.15) is 22.6 Å². The quantitative estimate of drug-likeness (QED) is 0.663. The summed E-state index contributed by atoms with van der Waals surface area (Å²) in [5.74, 6) is -0.697. The van der Waals surface area contributed by atoms with Crippen molar-refractivity contribution in [1.82, 2.24) is 0 Å². The summed E-state index contributed by atoms with van der Waals surface area (Å²) in [5, 5.41) is 1.35. The van der Waals surface area contributed by atoms with Crippen molar-refractivity contribution in [3.05, 3.63) is 35.4 Å². The second-order valence-corrected chi connectivity index (χ2v) is 5.26. The van der Waals surface area contributed by atoms with Crippen molar-refractivity contribution in [2.45, 2.75) is 27.7 Å². The van der Waals surface area contributed by atoms with Crippen molar-refractivity contribution in [3.8, 4) is 11.5 Å². The summed E-state index contributed by atoms with van der Waals surface area (Å²) in [7, 11) is 0. The van der Waals surface area contributed by atoms with Crippen molar-refractivity contribution >= 4 is 22.7 Å². The van der Waals surface area contributed by atoms with E-state index in [9.17, 15) is 9.59 Å². The van der Waals surface area contributed by atoms with Crippen LogP contribution in [0.15, 0.2) is 24.3 Å². The van der Waals surface area contributed by atoms with E-state index >= 15 is 0 Å². The Hall–Kier alpha value is -2.76. The second kappa shape index (κ2) is 9.08. The molecule has 26 heavy (non-hydrogen) atoms. The number of ether oxygens (including phenoxy) is 4. The highest BCUT2D eigenvalue weighted by Crippen LogP contribution is 2.42. The number of rotatable bonds is 8. The van der Waals surface area contributed by atoms with Crippen LogP contribution in [0.5, 0.6) is 11.5 Å². The maximum Gasteiger partial charge on any atom is 0.342 e. The van der Waals surface area contributed by atoms with Gasteiger partial charge in [-0.25, -0.2) is 9.59 Å². The van der Waals surface area contributed by atoms with E-state index in [1.165, 1.54) is 0 Å². The average molecular weight is 360 g/mol. The normalized spacial score (nSPS) is 10.5. The fraction of sp³-hybridized carbons (Fsp3) is 0.400. The van der Waals surface area contributed by atoms with E-state index in [-0.39, 0.29) is 24.3 Å². The van der Waals surface area contributed by atoms with E-state index in [4.69, 9.17) is 18.9 Å². The monoisotopic (exact) mass is 360 g/mol. The van der Waals surface area contributed by atoms with Crippen LogP contribution in [0.2, 0.25) is 0 Å². The predicted molar refractivity (Wildman–Crippen MR) is 98.2 cm³/mol. The summed E-state index contributed by atoms with van der Waals surface area (Å²) in [6.07, 6.45) is 0. The molecule has 0 aliphatic heterocycles. The zero-order valence-electron chi connectivity index (χ0n) is 15.6. The minimum Gasteiger partial charge on any atom is -0.492 e. The Bertz CT molecular complexity index is 730. The fourth-order valence-corrected chi connectivity index (χ4v) is 2.76. The van der Waals surface area contributed by atoms with E-state index in [1.54, 1.807) is 13.8 Å². The lowest BCUT2D eigenvalue weighted by atomic mass is 9.97. The van der Waals surface area contributed by atoms with Gasteiger partial charge in [-0.05, 0) is 27.7 Å². The summed E-state index contributed by atoms with van der Waals surface area (Å²) >= 11 is 0. The van der Waals surface area contributed by atoms with Crippen molar-refractivity contribution in [2.75, 3.05) is 26.4 Å². The largest absolute Gasteiger partial charge is 0.492 e. The standard InChI is InChI=1S/C20H24O6/c1-5-23-17-13-11-9-10-12-14(13)18(24-6-2)16(20(22)26-8-4)15(17)19(21)25-7-3/h9-12H,5-8H2,1-4H3.